The van der Waals surface area contributed by atoms with Crippen molar-refractivity contribution in [3.63, 3.8) is 0 Å². The Labute approximate surface area is 121 Å². The molecule has 0 saturated carbocycles. The smallest absolute Gasteiger partial charge is 0.355 e. The van der Waals surface area contributed by atoms with Gasteiger partial charge >= 0.3 is 5.63 Å². The summed E-state index contributed by atoms with van der Waals surface area (Å²) in [5.74, 6) is 0. The lowest BCUT2D eigenvalue weighted by molar-refractivity contribution is 0.532. The molecule has 21 heavy (non-hydrogen) atoms. The molecular formula is C16H12O4S. The molecule has 1 aromatic heterocycles. The highest BCUT2D eigenvalue weighted by Crippen LogP contribution is 2.22. The molecule has 0 aliphatic rings. The van der Waals surface area contributed by atoms with Gasteiger partial charge in [0.25, 0.3) is 0 Å². The molecule has 4 nitrogen and oxygen atoms in total. The second-order valence-electron chi connectivity index (χ2n) is 4.76. The van der Waals surface area contributed by atoms with Gasteiger partial charge in [-0.1, -0.05) is 29.8 Å². The lowest BCUT2D eigenvalue weighted by Gasteiger charge is -2.05. The van der Waals surface area contributed by atoms with Crippen molar-refractivity contribution < 1.29 is 12.8 Å². The average molecular weight is 300 g/mol. The molecule has 0 fully saturated rings. The maximum Gasteiger partial charge on any atom is 0.355 e. The number of hydrogen-bond donors (Lipinski definition) is 0. The highest BCUT2D eigenvalue weighted by molar-refractivity contribution is 7.91. The van der Waals surface area contributed by atoms with Crippen LogP contribution in [0.25, 0.3) is 11.0 Å². The molecule has 0 saturated heterocycles. The van der Waals surface area contributed by atoms with Gasteiger partial charge in [0.15, 0.2) is 4.90 Å². The molecule has 106 valence electrons. The molecule has 0 spiro atoms. The first-order chi connectivity index (χ1) is 9.98. The predicted molar refractivity (Wildman–Crippen MR) is 79.1 cm³/mol. The Kier molecular flexibility index (Phi) is 3.14. The number of fused-ring (bicyclic) bond motifs is 1. The fraction of sp³-hybridized carbons (Fsp3) is 0.0625. The van der Waals surface area contributed by atoms with Crippen molar-refractivity contribution in [3.05, 3.63) is 70.6 Å². The second-order valence-corrected chi connectivity index (χ2v) is 6.67. The predicted octanol–water partition coefficient (Wildman–Crippen LogP) is 2.93. The van der Waals surface area contributed by atoms with E-state index in [1.807, 2.05) is 6.92 Å². The van der Waals surface area contributed by atoms with Gasteiger partial charge in [0, 0.05) is 5.39 Å². The lowest BCUT2D eigenvalue weighted by Crippen LogP contribution is -2.14. The number of sulfone groups is 1. The van der Waals surface area contributed by atoms with E-state index in [1.54, 1.807) is 36.4 Å². The zero-order chi connectivity index (χ0) is 15.0. The van der Waals surface area contributed by atoms with Gasteiger partial charge in [0.05, 0.1) is 4.90 Å². The Balaban J connectivity index is 2.30. The quantitative estimate of drug-likeness (QED) is 0.683. The normalized spacial score (nSPS) is 11.7. The van der Waals surface area contributed by atoms with Gasteiger partial charge in [-0.05, 0) is 37.3 Å². The molecule has 2 aromatic carbocycles. The molecule has 5 heteroatoms. The van der Waals surface area contributed by atoms with Crippen LogP contribution in [0.5, 0.6) is 0 Å². The van der Waals surface area contributed by atoms with Gasteiger partial charge in [-0.15, -0.1) is 0 Å². The highest BCUT2D eigenvalue weighted by Gasteiger charge is 2.22. The standard InChI is InChI=1S/C16H12O4S/c1-11-7-8-14-12(9-11)10-15(16(17)20-14)21(18,19)13-5-3-2-4-6-13/h2-10H,1H3. The molecular weight excluding hydrogens is 288 g/mol. The van der Waals surface area contributed by atoms with Gasteiger partial charge in [0.2, 0.25) is 9.84 Å². The summed E-state index contributed by atoms with van der Waals surface area (Å²) >= 11 is 0. The Bertz CT molecular complexity index is 970. The fourth-order valence-electron chi connectivity index (χ4n) is 2.14. The van der Waals surface area contributed by atoms with E-state index in [1.165, 1.54) is 18.2 Å². The van der Waals surface area contributed by atoms with E-state index in [2.05, 4.69) is 0 Å². The maximum atomic E-state index is 12.5. The minimum Gasteiger partial charge on any atom is -0.422 e. The van der Waals surface area contributed by atoms with Crippen molar-refractivity contribution in [1.29, 1.82) is 0 Å². The zero-order valence-corrected chi connectivity index (χ0v) is 12.1. The third-order valence-electron chi connectivity index (χ3n) is 3.20. The largest absolute Gasteiger partial charge is 0.422 e. The average Bonchev–Trinajstić information content (AvgIpc) is 2.48. The summed E-state index contributed by atoms with van der Waals surface area (Å²) < 4.78 is 30.2. The van der Waals surface area contributed by atoms with Gasteiger partial charge < -0.3 is 4.42 Å². The summed E-state index contributed by atoms with van der Waals surface area (Å²) in [5.41, 5.74) is 0.479. The highest BCUT2D eigenvalue weighted by atomic mass is 32.2. The topological polar surface area (TPSA) is 64.3 Å². The van der Waals surface area contributed by atoms with E-state index < -0.39 is 15.5 Å². The third kappa shape index (κ3) is 2.36. The lowest BCUT2D eigenvalue weighted by atomic mass is 10.2. The van der Waals surface area contributed by atoms with E-state index in [0.29, 0.717) is 11.0 Å². The van der Waals surface area contributed by atoms with Gasteiger partial charge in [-0.25, -0.2) is 13.2 Å². The summed E-state index contributed by atoms with van der Waals surface area (Å²) in [4.78, 5) is 11.7. The van der Waals surface area contributed by atoms with E-state index >= 15 is 0 Å². The summed E-state index contributed by atoms with van der Waals surface area (Å²) in [6.07, 6.45) is 0. The van der Waals surface area contributed by atoms with Gasteiger partial charge in [0.1, 0.15) is 5.58 Å². The minimum atomic E-state index is -3.88. The Morgan fingerprint density at radius 3 is 2.38 bits per heavy atom. The van der Waals surface area contributed by atoms with Crippen LogP contribution >= 0.6 is 0 Å². The van der Waals surface area contributed by atoms with E-state index in [-0.39, 0.29) is 9.79 Å². The van der Waals surface area contributed by atoms with Crippen LogP contribution in [0.15, 0.2) is 73.6 Å². The number of benzene rings is 2. The summed E-state index contributed by atoms with van der Waals surface area (Å²) in [6.45, 7) is 1.88. The van der Waals surface area contributed by atoms with Crippen LogP contribution < -0.4 is 5.63 Å². The van der Waals surface area contributed by atoms with Crippen LogP contribution in [0.2, 0.25) is 0 Å². The van der Waals surface area contributed by atoms with Crippen molar-refractivity contribution in [1.82, 2.24) is 0 Å². The zero-order valence-electron chi connectivity index (χ0n) is 11.2. The minimum absolute atomic E-state index is 0.0734. The van der Waals surface area contributed by atoms with Crippen LogP contribution in [0.4, 0.5) is 0 Å². The molecule has 3 aromatic rings. The first-order valence-electron chi connectivity index (χ1n) is 6.33. The van der Waals surface area contributed by atoms with Crippen molar-refractivity contribution in [2.24, 2.45) is 0 Å². The van der Waals surface area contributed by atoms with Crippen molar-refractivity contribution in [3.8, 4) is 0 Å². The number of aryl methyl sites for hydroxylation is 1. The maximum absolute atomic E-state index is 12.5. The van der Waals surface area contributed by atoms with Crippen molar-refractivity contribution in [2.75, 3.05) is 0 Å². The molecule has 0 aliphatic heterocycles. The molecule has 0 atom stereocenters. The molecule has 3 rings (SSSR count). The van der Waals surface area contributed by atoms with Crippen molar-refractivity contribution >= 4 is 20.8 Å². The number of rotatable bonds is 2. The first-order valence-corrected chi connectivity index (χ1v) is 7.81. The molecule has 1 heterocycles. The van der Waals surface area contributed by atoms with Gasteiger partial charge in [-0.2, -0.15) is 0 Å². The Hall–Kier alpha value is -2.40. The van der Waals surface area contributed by atoms with Crippen LogP contribution in [0.1, 0.15) is 5.56 Å². The molecule has 0 amide bonds. The molecule has 0 N–H and O–H groups in total. The SMILES string of the molecule is Cc1ccc2oc(=O)c(S(=O)(=O)c3ccccc3)cc2c1. The van der Waals surface area contributed by atoms with E-state index in [4.69, 9.17) is 4.42 Å². The summed E-state index contributed by atoms with van der Waals surface area (Å²) in [5, 5.41) is 0.587. The summed E-state index contributed by atoms with van der Waals surface area (Å²) in [7, 11) is -3.88. The third-order valence-corrected chi connectivity index (χ3v) is 4.96. The first kappa shape index (κ1) is 13.6. The Morgan fingerprint density at radius 2 is 1.67 bits per heavy atom. The Morgan fingerprint density at radius 1 is 0.952 bits per heavy atom. The second kappa shape index (κ2) is 4.86. The molecule has 0 bridgehead atoms. The van der Waals surface area contributed by atoms with E-state index in [0.717, 1.165) is 5.56 Å². The van der Waals surface area contributed by atoms with E-state index in [9.17, 15) is 13.2 Å². The molecule has 0 unspecified atom stereocenters. The van der Waals surface area contributed by atoms with Crippen LogP contribution in [0, 0.1) is 6.92 Å². The molecule has 0 radical (unpaired) electrons. The summed E-state index contributed by atoms with van der Waals surface area (Å²) in [6, 6.07) is 14.5. The molecule has 0 aliphatic carbocycles. The fourth-order valence-corrected chi connectivity index (χ4v) is 3.45. The van der Waals surface area contributed by atoms with Crippen LogP contribution in [-0.4, -0.2) is 8.42 Å². The monoisotopic (exact) mass is 300 g/mol. The van der Waals surface area contributed by atoms with Crippen LogP contribution in [-0.2, 0) is 9.84 Å². The number of hydrogen-bond acceptors (Lipinski definition) is 4. The van der Waals surface area contributed by atoms with Crippen LogP contribution in [0.3, 0.4) is 0 Å². The van der Waals surface area contributed by atoms with Gasteiger partial charge in [-0.3, -0.25) is 0 Å². The van der Waals surface area contributed by atoms with Crippen molar-refractivity contribution in [2.45, 2.75) is 16.7 Å².